The molecule has 2 fully saturated rings. The SMILES string of the molecule is C=C[C@H]1CC[C@H]2OC(=O)N[C@@H](C(C)(C)C)C(=O)N3C[C@@H](C[C@H]3C(=O)OC)Oc3nc4ccccc4nc3C(F)(F)/C=C/CC[C@H]12. The Balaban J connectivity index is 1.58. The van der Waals surface area contributed by atoms with E-state index < -0.39 is 59.3 Å². The number of nitrogens with one attached hydrogen (secondary N) is 1. The van der Waals surface area contributed by atoms with E-state index in [4.69, 9.17) is 14.2 Å². The first-order valence-corrected chi connectivity index (χ1v) is 15.3. The molecule has 12 heteroatoms. The van der Waals surface area contributed by atoms with Gasteiger partial charge in [-0.2, -0.15) is 8.78 Å². The number of benzene rings is 1. The number of alkyl carbamates (subject to hydrolysis) is 1. The van der Waals surface area contributed by atoms with Gasteiger partial charge in [0.05, 0.1) is 24.7 Å². The summed E-state index contributed by atoms with van der Waals surface area (Å²) >= 11 is 0. The van der Waals surface area contributed by atoms with E-state index in [9.17, 15) is 14.4 Å². The summed E-state index contributed by atoms with van der Waals surface area (Å²) in [7, 11) is 1.20. The summed E-state index contributed by atoms with van der Waals surface area (Å²) in [5, 5.41) is 2.76. The van der Waals surface area contributed by atoms with Crippen molar-refractivity contribution in [3.63, 3.8) is 0 Å². The van der Waals surface area contributed by atoms with Crippen LogP contribution >= 0.6 is 0 Å². The van der Waals surface area contributed by atoms with Crippen molar-refractivity contribution in [3.8, 4) is 5.88 Å². The monoisotopic (exact) mass is 626 g/mol. The zero-order chi connectivity index (χ0) is 32.5. The Morgan fingerprint density at radius 3 is 2.51 bits per heavy atom. The second-order valence-corrected chi connectivity index (χ2v) is 13.0. The van der Waals surface area contributed by atoms with E-state index in [0.717, 1.165) is 12.5 Å². The molecule has 2 bridgehead atoms. The lowest BCUT2D eigenvalue weighted by Crippen LogP contribution is -2.57. The summed E-state index contributed by atoms with van der Waals surface area (Å²) in [6.45, 7) is 9.15. The fourth-order valence-corrected chi connectivity index (χ4v) is 6.53. The van der Waals surface area contributed by atoms with Crippen LogP contribution in [0.4, 0.5) is 13.6 Å². The number of halogens is 2. The third kappa shape index (κ3) is 6.79. The van der Waals surface area contributed by atoms with Crippen LogP contribution < -0.4 is 10.1 Å². The number of alkyl halides is 2. The van der Waals surface area contributed by atoms with Crippen molar-refractivity contribution < 1.29 is 37.4 Å². The highest BCUT2D eigenvalue weighted by atomic mass is 19.3. The highest BCUT2D eigenvalue weighted by molar-refractivity contribution is 5.91. The largest absolute Gasteiger partial charge is 0.471 e. The van der Waals surface area contributed by atoms with E-state index in [1.165, 1.54) is 18.1 Å². The third-order valence-corrected chi connectivity index (χ3v) is 8.89. The minimum atomic E-state index is -3.55. The van der Waals surface area contributed by atoms with Gasteiger partial charge >= 0.3 is 18.0 Å². The van der Waals surface area contributed by atoms with Crippen LogP contribution in [0.15, 0.2) is 49.1 Å². The van der Waals surface area contributed by atoms with Crippen molar-refractivity contribution in [3.05, 3.63) is 54.8 Å². The molecule has 5 rings (SSSR count). The number of carbonyl (C=O) groups is 3. The highest BCUT2D eigenvalue weighted by Gasteiger charge is 2.48. The number of amides is 2. The van der Waals surface area contributed by atoms with Crippen molar-refractivity contribution in [2.24, 2.45) is 17.3 Å². The number of para-hydroxylation sites is 2. The van der Waals surface area contributed by atoms with Crippen molar-refractivity contribution in [1.29, 1.82) is 0 Å². The number of hydrogen-bond donors (Lipinski definition) is 1. The van der Waals surface area contributed by atoms with Gasteiger partial charge in [0.2, 0.25) is 11.8 Å². The fraction of sp³-hybridized carbons (Fsp3) is 0.545. The molecule has 2 amide bonds. The fourth-order valence-electron chi connectivity index (χ4n) is 6.53. The Hall–Kier alpha value is -4.09. The van der Waals surface area contributed by atoms with Gasteiger partial charge in [-0.05, 0) is 55.2 Å². The van der Waals surface area contributed by atoms with Crippen LogP contribution in [-0.4, -0.2) is 70.8 Å². The number of esters is 1. The average Bonchev–Trinajstić information content (AvgIpc) is 3.59. The van der Waals surface area contributed by atoms with Gasteiger partial charge in [0.25, 0.3) is 0 Å². The molecule has 1 aliphatic carbocycles. The maximum absolute atomic E-state index is 15.9. The molecule has 1 saturated carbocycles. The number of hydrogen-bond acceptors (Lipinski definition) is 8. The number of aromatic nitrogens is 2. The topological polar surface area (TPSA) is 120 Å². The van der Waals surface area contributed by atoms with Crippen LogP contribution in [0.3, 0.4) is 0 Å². The van der Waals surface area contributed by atoms with Crippen molar-refractivity contribution in [2.45, 2.75) is 83.1 Å². The van der Waals surface area contributed by atoms with Gasteiger partial charge in [0, 0.05) is 12.3 Å². The molecule has 1 aromatic carbocycles. The first-order chi connectivity index (χ1) is 21.3. The lowest BCUT2D eigenvalue weighted by atomic mass is 9.85. The molecule has 3 aliphatic rings. The van der Waals surface area contributed by atoms with Gasteiger partial charge in [-0.1, -0.05) is 45.1 Å². The zero-order valence-corrected chi connectivity index (χ0v) is 26.0. The lowest BCUT2D eigenvalue weighted by molar-refractivity contribution is -0.152. The molecule has 2 aliphatic heterocycles. The first-order valence-electron chi connectivity index (χ1n) is 15.3. The summed E-state index contributed by atoms with van der Waals surface area (Å²) in [5.41, 5.74) is -0.816. The molecule has 0 unspecified atom stereocenters. The Morgan fingerprint density at radius 1 is 1.13 bits per heavy atom. The molecule has 242 valence electrons. The molecule has 2 aromatic rings. The summed E-state index contributed by atoms with van der Waals surface area (Å²) < 4.78 is 48.6. The molecule has 0 spiro atoms. The normalized spacial score (nSPS) is 29.7. The summed E-state index contributed by atoms with van der Waals surface area (Å²) in [6.07, 6.45) is 3.91. The van der Waals surface area contributed by atoms with Crippen LogP contribution in [0.2, 0.25) is 0 Å². The van der Waals surface area contributed by atoms with Crippen LogP contribution in [0.25, 0.3) is 11.0 Å². The molecular formula is C33H40F2N4O6. The molecular weight excluding hydrogens is 586 g/mol. The Labute approximate surface area is 261 Å². The Morgan fingerprint density at radius 2 is 1.84 bits per heavy atom. The minimum absolute atomic E-state index is 0.0380. The van der Waals surface area contributed by atoms with E-state index in [1.807, 2.05) is 6.08 Å². The lowest BCUT2D eigenvalue weighted by Gasteiger charge is -2.35. The predicted molar refractivity (Wildman–Crippen MR) is 161 cm³/mol. The molecule has 45 heavy (non-hydrogen) atoms. The van der Waals surface area contributed by atoms with Crippen LogP contribution in [0.5, 0.6) is 5.88 Å². The molecule has 6 atom stereocenters. The molecule has 10 nitrogen and oxygen atoms in total. The predicted octanol–water partition coefficient (Wildman–Crippen LogP) is 5.31. The quantitative estimate of drug-likeness (QED) is 0.352. The smallest absolute Gasteiger partial charge is 0.408 e. The van der Waals surface area contributed by atoms with Crippen molar-refractivity contribution in [1.82, 2.24) is 20.2 Å². The van der Waals surface area contributed by atoms with Crippen LogP contribution in [0.1, 0.15) is 58.6 Å². The maximum atomic E-state index is 15.9. The number of ether oxygens (including phenoxy) is 3. The zero-order valence-electron chi connectivity index (χ0n) is 26.0. The van der Waals surface area contributed by atoms with Gasteiger partial charge in [-0.15, -0.1) is 6.58 Å². The van der Waals surface area contributed by atoms with Crippen LogP contribution in [-0.2, 0) is 25.0 Å². The molecule has 1 N–H and O–H groups in total. The average molecular weight is 627 g/mol. The van der Waals surface area contributed by atoms with E-state index in [-0.39, 0.29) is 36.2 Å². The van der Waals surface area contributed by atoms with Crippen molar-refractivity contribution >= 4 is 29.0 Å². The number of allylic oxidation sites excluding steroid dienone is 3. The molecule has 3 heterocycles. The minimum Gasteiger partial charge on any atom is -0.471 e. The van der Waals surface area contributed by atoms with E-state index >= 15 is 8.78 Å². The highest BCUT2D eigenvalue weighted by Crippen LogP contribution is 2.40. The number of fused-ring (bicyclic) bond motifs is 5. The van der Waals surface area contributed by atoms with Gasteiger partial charge in [-0.3, -0.25) is 4.79 Å². The first kappa shape index (κ1) is 32.3. The van der Waals surface area contributed by atoms with Crippen LogP contribution in [0, 0.1) is 17.3 Å². The Bertz CT molecular complexity index is 1490. The number of methoxy groups -OCH3 is 1. The standard InChI is InChI=1S/C33H40F2N4O6/c1-6-19-14-15-25-21(19)11-9-10-16-33(34,35)26-28(37-23-13-8-7-12-22(23)36-26)44-20-17-24(30(41)43-5)39(18-20)29(40)27(32(2,3)4)38-31(42)45-25/h6-8,10,12-13,16,19-21,24-25,27H,1,9,11,14-15,17-18H2,2-5H3,(H,38,42)/b16-10+/t19-,20+,21+,24-,25+,27+/m0/s1. The molecule has 1 aromatic heterocycles. The summed E-state index contributed by atoms with van der Waals surface area (Å²) in [6, 6.07) is 4.47. The number of rotatable bonds is 2. The summed E-state index contributed by atoms with van der Waals surface area (Å²) in [5.74, 6) is -5.28. The van der Waals surface area contributed by atoms with E-state index in [0.29, 0.717) is 24.8 Å². The van der Waals surface area contributed by atoms with E-state index in [2.05, 4.69) is 21.9 Å². The van der Waals surface area contributed by atoms with Gasteiger partial charge in [0.1, 0.15) is 24.3 Å². The van der Waals surface area contributed by atoms with Gasteiger partial charge in [0.15, 0.2) is 5.69 Å². The van der Waals surface area contributed by atoms with E-state index in [1.54, 1.807) is 45.0 Å². The van der Waals surface area contributed by atoms with Gasteiger partial charge < -0.3 is 24.4 Å². The maximum Gasteiger partial charge on any atom is 0.408 e. The Kier molecular flexibility index (Phi) is 9.14. The number of nitrogens with zero attached hydrogens (tertiary/aromatic N) is 3. The summed E-state index contributed by atoms with van der Waals surface area (Å²) in [4.78, 5) is 50.2. The van der Waals surface area contributed by atoms with Gasteiger partial charge in [-0.25, -0.2) is 19.6 Å². The molecule has 1 saturated heterocycles. The number of carbonyl (C=O) groups excluding carboxylic acids is 3. The second kappa shape index (κ2) is 12.7. The second-order valence-electron chi connectivity index (χ2n) is 13.0. The third-order valence-electron chi connectivity index (χ3n) is 8.89. The molecule has 0 radical (unpaired) electrons. The van der Waals surface area contributed by atoms with Crippen molar-refractivity contribution in [2.75, 3.05) is 13.7 Å².